The summed E-state index contributed by atoms with van der Waals surface area (Å²) < 4.78 is 10.7. The fourth-order valence-electron chi connectivity index (χ4n) is 3.30. The van der Waals surface area contributed by atoms with Crippen LogP contribution in [-0.4, -0.2) is 63.8 Å². The Morgan fingerprint density at radius 2 is 1.79 bits per heavy atom. The molecule has 3 aromatic rings. The number of rotatable bonds is 7. The summed E-state index contributed by atoms with van der Waals surface area (Å²) in [7, 11) is 0. The average molecular weight is 396 g/mol. The zero-order valence-electron chi connectivity index (χ0n) is 16.4. The van der Waals surface area contributed by atoms with Crippen molar-refractivity contribution in [3.63, 3.8) is 0 Å². The predicted octanol–water partition coefficient (Wildman–Crippen LogP) is 1.71. The second-order valence-electron chi connectivity index (χ2n) is 7.18. The first-order valence-corrected chi connectivity index (χ1v) is 9.67. The molecule has 0 bridgehead atoms. The number of nitrogens with zero attached hydrogens (tertiary/aromatic N) is 5. The molecule has 4 rings (SSSR count). The second kappa shape index (κ2) is 8.97. The molecule has 0 radical (unpaired) electrons. The fourth-order valence-corrected chi connectivity index (χ4v) is 3.30. The van der Waals surface area contributed by atoms with Gasteiger partial charge in [0.2, 0.25) is 17.7 Å². The maximum absolute atomic E-state index is 12.1. The zero-order chi connectivity index (χ0) is 20.1. The van der Waals surface area contributed by atoms with Gasteiger partial charge < -0.3 is 14.3 Å². The smallest absolute Gasteiger partial charge is 0.239 e. The zero-order valence-corrected chi connectivity index (χ0v) is 16.4. The highest BCUT2D eigenvalue weighted by Gasteiger charge is 2.21. The van der Waals surface area contributed by atoms with Crippen LogP contribution in [0, 0.1) is 6.92 Å². The van der Waals surface area contributed by atoms with Crippen LogP contribution in [0.2, 0.25) is 0 Å². The van der Waals surface area contributed by atoms with Crippen LogP contribution in [0.5, 0.6) is 0 Å². The molecule has 0 atom stereocenters. The lowest BCUT2D eigenvalue weighted by atomic mass is 10.2. The quantitative estimate of drug-likeness (QED) is 0.644. The minimum Gasteiger partial charge on any atom is -0.424 e. The lowest BCUT2D eigenvalue weighted by Gasteiger charge is -2.33. The van der Waals surface area contributed by atoms with E-state index in [4.69, 9.17) is 8.94 Å². The Bertz CT molecular complexity index is 931. The number of nitrogens with one attached hydrogen (secondary N) is 1. The number of aryl methyl sites for hydroxylation is 1. The van der Waals surface area contributed by atoms with Crippen molar-refractivity contribution < 1.29 is 13.7 Å². The molecule has 0 saturated carbocycles. The van der Waals surface area contributed by atoms with Crippen LogP contribution in [0.25, 0.3) is 0 Å². The molecule has 3 heterocycles. The number of carbonyl (C=O) groups is 1. The van der Waals surface area contributed by atoms with Gasteiger partial charge in [0.25, 0.3) is 0 Å². The average Bonchev–Trinajstić information content (AvgIpc) is 3.32. The second-order valence-corrected chi connectivity index (χ2v) is 7.18. The summed E-state index contributed by atoms with van der Waals surface area (Å²) in [4.78, 5) is 16.5. The van der Waals surface area contributed by atoms with E-state index in [2.05, 4.69) is 30.5 Å². The van der Waals surface area contributed by atoms with Gasteiger partial charge in [-0.15, -0.1) is 10.2 Å². The first-order valence-electron chi connectivity index (χ1n) is 9.67. The van der Waals surface area contributed by atoms with Gasteiger partial charge in [0, 0.05) is 32.2 Å². The van der Waals surface area contributed by atoms with E-state index in [-0.39, 0.29) is 5.91 Å². The molecule has 1 fully saturated rings. The standard InChI is InChI=1S/C20H24N6O3/c1-15-11-17(24-29-15)21-18(27)13-25-7-9-26(10-8-25)14-20-23-22-19(28-20)12-16-5-3-2-4-6-16/h2-6,11H,7-10,12-14H2,1H3,(H,21,24,27). The van der Waals surface area contributed by atoms with Crippen molar-refractivity contribution in [1.82, 2.24) is 25.2 Å². The van der Waals surface area contributed by atoms with Crippen molar-refractivity contribution >= 4 is 11.7 Å². The topological polar surface area (TPSA) is 101 Å². The van der Waals surface area contributed by atoms with E-state index in [9.17, 15) is 4.79 Å². The van der Waals surface area contributed by atoms with Crippen LogP contribution in [0.1, 0.15) is 23.1 Å². The molecule has 1 amide bonds. The minimum atomic E-state index is -0.0887. The summed E-state index contributed by atoms with van der Waals surface area (Å²) in [6, 6.07) is 11.8. The number of hydrogen-bond acceptors (Lipinski definition) is 8. The SMILES string of the molecule is Cc1cc(NC(=O)CN2CCN(Cc3nnc(Cc4ccccc4)o3)CC2)no1. The molecule has 2 aromatic heterocycles. The molecule has 0 spiro atoms. The molecule has 0 unspecified atom stereocenters. The highest BCUT2D eigenvalue weighted by atomic mass is 16.5. The van der Waals surface area contributed by atoms with E-state index in [1.807, 2.05) is 30.3 Å². The summed E-state index contributed by atoms with van der Waals surface area (Å²) in [5.74, 6) is 2.29. The first kappa shape index (κ1) is 19.3. The van der Waals surface area contributed by atoms with Crippen molar-refractivity contribution in [3.05, 3.63) is 59.5 Å². The first-order chi connectivity index (χ1) is 14.1. The number of hydrogen-bond donors (Lipinski definition) is 1. The van der Waals surface area contributed by atoms with Crippen molar-refractivity contribution in [2.45, 2.75) is 19.9 Å². The van der Waals surface area contributed by atoms with Crippen LogP contribution < -0.4 is 5.32 Å². The molecule has 1 aliphatic rings. The molecule has 0 aliphatic carbocycles. The van der Waals surface area contributed by atoms with Crippen molar-refractivity contribution in [2.75, 3.05) is 38.0 Å². The maximum Gasteiger partial charge on any atom is 0.239 e. The number of amides is 1. The van der Waals surface area contributed by atoms with E-state index in [0.29, 0.717) is 42.9 Å². The third-order valence-corrected chi connectivity index (χ3v) is 4.79. The fraction of sp³-hybridized carbons (Fsp3) is 0.400. The molecule has 9 heteroatoms. The van der Waals surface area contributed by atoms with Crippen molar-refractivity contribution in [2.24, 2.45) is 0 Å². The summed E-state index contributed by atoms with van der Waals surface area (Å²) in [6.07, 6.45) is 0.641. The van der Waals surface area contributed by atoms with Crippen molar-refractivity contribution in [3.8, 4) is 0 Å². The van der Waals surface area contributed by atoms with Crippen molar-refractivity contribution in [1.29, 1.82) is 0 Å². The number of piperazine rings is 1. The molecule has 1 N–H and O–H groups in total. The van der Waals surface area contributed by atoms with E-state index >= 15 is 0 Å². The highest BCUT2D eigenvalue weighted by molar-refractivity contribution is 5.91. The lowest BCUT2D eigenvalue weighted by Crippen LogP contribution is -2.48. The van der Waals surface area contributed by atoms with Gasteiger partial charge in [-0.25, -0.2) is 0 Å². The van der Waals surface area contributed by atoms with Crippen LogP contribution in [0.3, 0.4) is 0 Å². The summed E-state index contributed by atoms with van der Waals surface area (Å²) in [5, 5.41) is 14.9. The Kier molecular flexibility index (Phi) is 5.97. The molecule has 152 valence electrons. The van der Waals surface area contributed by atoms with Gasteiger partial charge in [-0.2, -0.15) is 0 Å². The summed E-state index contributed by atoms with van der Waals surface area (Å²) in [6.45, 7) is 6.03. The number of benzene rings is 1. The van der Waals surface area contributed by atoms with Gasteiger partial charge in [0.05, 0.1) is 19.5 Å². The van der Waals surface area contributed by atoms with E-state index in [0.717, 1.165) is 31.7 Å². The third-order valence-electron chi connectivity index (χ3n) is 4.79. The Labute approximate surface area is 168 Å². The molecule has 29 heavy (non-hydrogen) atoms. The van der Waals surface area contributed by atoms with Gasteiger partial charge in [-0.05, 0) is 12.5 Å². The maximum atomic E-state index is 12.1. The van der Waals surface area contributed by atoms with Gasteiger partial charge >= 0.3 is 0 Å². The third kappa shape index (κ3) is 5.49. The molecule has 1 saturated heterocycles. The van der Waals surface area contributed by atoms with E-state index in [1.54, 1.807) is 13.0 Å². The van der Waals surface area contributed by atoms with Gasteiger partial charge in [0.1, 0.15) is 5.76 Å². The van der Waals surface area contributed by atoms with Crippen LogP contribution in [-0.2, 0) is 17.8 Å². The molecule has 1 aromatic carbocycles. The van der Waals surface area contributed by atoms with Gasteiger partial charge in [-0.3, -0.25) is 14.6 Å². The Balaban J connectivity index is 1.20. The Morgan fingerprint density at radius 3 is 2.52 bits per heavy atom. The molecular weight excluding hydrogens is 372 g/mol. The molecular formula is C20H24N6O3. The Morgan fingerprint density at radius 1 is 1.07 bits per heavy atom. The summed E-state index contributed by atoms with van der Waals surface area (Å²) in [5.41, 5.74) is 1.15. The number of carbonyl (C=O) groups excluding carboxylic acids is 1. The highest BCUT2D eigenvalue weighted by Crippen LogP contribution is 2.12. The van der Waals surface area contributed by atoms with Gasteiger partial charge in [-0.1, -0.05) is 35.5 Å². The minimum absolute atomic E-state index is 0.0887. The molecule has 1 aliphatic heterocycles. The monoisotopic (exact) mass is 396 g/mol. The number of aromatic nitrogens is 3. The molecule has 9 nitrogen and oxygen atoms in total. The summed E-state index contributed by atoms with van der Waals surface area (Å²) >= 11 is 0. The lowest BCUT2D eigenvalue weighted by molar-refractivity contribution is -0.117. The van der Waals surface area contributed by atoms with E-state index in [1.165, 1.54) is 0 Å². The normalized spacial score (nSPS) is 15.5. The van der Waals surface area contributed by atoms with Crippen LogP contribution in [0.4, 0.5) is 5.82 Å². The van der Waals surface area contributed by atoms with Crippen LogP contribution in [0.15, 0.2) is 45.3 Å². The predicted molar refractivity (Wildman–Crippen MR) is 105 cm³/mol. The van der Waals surface area contributed by atoms with E-state index < -0.39 is 0 Å². The van der Waals surface area contributed by atoms with Crippen LogP contribution >= 0.6 is 0 Å². The Hall–Kier alpha value is -3.04. The van der Waals surface area contributed by atoms with Gasteiger partial charge in [0.15, 0.2) is 5.82 Å². The number of anilines is 1. The largest absolute Gasteiger partial charge is 0.424 e.